The number of nitrogens with zero attached hydrogens (tertiary/aromatic N) is 2. The third-order valence-corrected chi connectivity index (χ3v) is 5.55. The van der Waals surface area contributed by atoms with Gasteiger partial charge in [-0.15, -0.1) is 0 Å². The van der Waals surface area contributed by atoms with E-state index >= 15 is 0 Å². The Bertz CT molecular complexity index is 1160. The molecule has 33 heavy (non-hydrogen) atoms. The van der Waals surface area contributed by atoms with Gasteiger partial charge >= 0.3 is 0 Å². The topological polar surface area (TPSA) is 90.0 Å². The molecule has 1 atom stereocenters. The van der Waals surface area contributed by atoms with E-state index in [9.17, 15) is 14.0 Å². The van der Waals surface area contributed by atoms with E-state index in [1.54, 1.807) is 24.4 Å². The van der Waals surface area contributed by atoms with Gasteiger partial charge in [0, 0.05) is 35.4 Å². The molecule has 1 amide bonds. The van der Waals surface area contributed by atoms with Crippen molar-refractivity contribution in [2.24, 2.45) is 11.7 Å². The number of aryl methyl sites for hydroxylation is 1. The number of nitrogens with one attached hydrogen (secondary N) is 1. The van der Waals surface area contributed by atoms with Crippen molar-refractivity contribution in [2.75, 3.05) is 6.54 Å². The first-order valence-corrected chi connectivity index (χ1v) is 11.2. The summed E-state index contributed by atoms with van der Waals surface area (Å²) < 4.78 is 16.1. The number of imidazole rings is 1. The van der Waals surface area contributed by atoms with E-state index in [1.165, 1.54) is 24.3 Å². The normalized spacial score (nSPS) is 12.1. The van der Waals surface area contributed by atoms with Gasteiger partial charge in [-0.05, 0) is 49.6 Å². The summed E-state index contributed by atoms with van der Waals surface area (Å²) in [5, 5.41) is 3.23. The number of amides is 1. The van der Waals surface area contributed by atoms with E-state index in [1.807, 2.05) is 25.3 Å². The van der Waals surface area contributed by atoms with Crippen LogP contribution in [0.3, 0.4) is 0 Å². The molecule has 2 aromatic carbocycles. The fourth-order valence-corrected chi connectivity index (χ4v) is 3.90. The van der Waals surface area contributed by atoms with Crippen LogP contribution in [0.2, 0.25) is 5.02 Å². The second-order valence-corrected chi connectivity index (χ2v) is 8.82. The molecule has 3 rings (SSSR count). The molecule has 0 radical (unpaired) electrons. The average Bonchev–Trinajstić information content (AvgIpc) is 3.13. The number of ketones is 1. The highest BCUT2D eigenvalue weighted by Crippen LogP contribution is 2.26. The molecule has 6 nitrogen and oxygen atoms in total. The molecular formula is C25H28ClFN4O2. The predicted molar refractivity (Wildman–Crippen MR) is 127 cm³/mol. The smallest absolute Gasteiger partial charge is 0.236 e. The van der Waals surface area contributed by atoms with Crippen LogP contribution in [0.5, 0.6) is 0 Å². The molecule has 0 unspecified atom stereocenters. The minimum absolute atomic E-state index is 0.0354. The molecule has 0 aliphatic rings. The highest BCUT2D eigenvalue weighted by molar-refractivity contribution is 6.31. The first kappa shape index (κ1) is 24.6. The first-order valence-electron chi connectivity index (χ1n) is 10.8. The molecule has 1 heterocycles. The van der Waals surface area contributed by atoms with Gasteiger partial charge in [-0.25, -0.2) is 9.37 Å². The maximum atomic E-state index is 14.3. The fourth-order valence-electron chi connectivity index (χ4n) is 3.73. The minimum atomic E-state index is -0.601. The lowest BCUT2D eigenvalue weighted by Gasteiger charge is -2.17. The molecular weight excluding hydrogens is 443 g/mol. The van der Waals surface area contributed by atoms with E-state index in [0.717, 1.165) is 5.69 Å². The van der Waals surface area contributed by atoms with Crippen molar-refractivity contribution >= 4 is 23.3 Å². The average molecular weight is 471 g/mol. The molecule has 0 fully saturated rings. The van der Waals surface area contributed by atoms with E-state index in [4.69, 9.17) is 17.3 Å². The Morgan fingerprint density at radius 1 is 1.18 bits per heavy atom. The van der Waals surface area contributed by atoms with Crippen LogP contribution in [0, 0.1) is 18.7 Å². The standard InChI is InChI=1S/C25H28ClFN4O2/c1-15(2)12-22(28)25(33)29-11-10-18-14-30-16(3)31(18)23-9-8-17(26)13-20(23)24(32)19-6-4-5-7-21(19)27/h4-9,13-15,22H,10-12,28H2,1-3H3,(H,29,33)/t22-/m1/s1. The van der Waals surface area contributed by atoms with Crippen LogP contribution in [0.15, 0.2) is 48.7 Å². The number of halogens is 2. The summed E-state index contributed by atoms with van der Waals surface area (Å²) in [6.45, 7) is 6.20. The largest absolute Gasteiger partial charge is 0.354 e. The van der Waals surface area contributed by atoms with E-state index in [0.29, 0.717) is 41.8 Å². The summed E-state index contributed by atoms with van der Waals surface area (Å²) in [7, 11) is 0. The zero-order valence-electron chi connectivity index (χ0n) is 18.9. The lowest BCUT2D eigenvalue weighted by Crippen LogP contribution is -2.42. The summed E-state index contributed by atoms with van der Waals surface area (Å²) in [6, 6.07) is 10.2. The molecule has 0 spiro atoms. The number of benzene rings is 2. The zero-order chi connectivity index (χ0) is 24.1. The van der Waals surface area contributed by atoms with Gasteiger partial charge in [-0.1, -0.05) is 37.6 Å². The van der Waals surface area contributed by atoms with E-state index in [2.05, 4.69) is 10.3 Å². The van der Waals surface area contributed by atoms with Crippen molar-refractivity contribution in [3.05, 3.63) is 82.1 Å². The third kappa shape index (κ3) is 5.86. The monoisotopic (exact) mass is 470 g/mol. The molecule has 0 saturated heterocycles. The Hall–Kier alpha value is -3.03. The quantitative estimate of drug-likeness (QED) is 0.458. The number of nitrogens with two attached hydrogens (primary N) is 1. The Morgan fingerprint density at radius 2 is 1.91 bits per heavy atom. The van der Waals surface area contributed by atoms with Crippen LogP contribution in [0.25, 0.3) is 5.69 Å². The predicted octanol–water partition coefficient (Wildman–Crippen LogP) is 4.24. The molecule has 0 saturated carbocycles. The van der Waals surface area contributed by atoms with Crippen LogP contribution >= 0.6 is 11.6 Å². The van der Waals surface area contributed by atoms with Gasteiger partial charge < -0.3 is 15.6 Å². The van der Waals surface area contributed by atoms with Gasteiger partial charge in [-0.3, -0.25) is 9.59 Å². The molecule has 0 bridgehead atoms. The van der Waals surface area contributed by atoms with Gasteiger partial charge in [0.15, 0.2) is 5.78 Å². The summed E-state index contributed by atoms with van der Waals surface area (Å²) in [6.07, 6.45) is 2.77. The summed E-state index contributed by atoms with van der Waals surface area (Å²) in [5.41, 5.74) is 7.50. The molecule has 3 N–H and O–H groups in total. The highest BCUT2D eigenvalue weighted by atomic mass is 35.5. The Balaban J connectivity index is 1.88. The highest BCUT2D eigenvalue weighted by Gasteiger charge is 2.21. The minimum Gasteiger partial charge on any atom is -0.354 e. The van der Waals surface area contributed by atoms with Crippen molar-refractivity contribution in [1.82, 2.24) is 14.9 Å². The lowest BCUT2D eigenvalue weighted by molar-refractivity contribution is -0.122. The fraction of sp³-hybridized carbons (Fsp3) is 0.320. The van der Waals surface area contributed by atoms with E-state index in [-0.39, 0.29) is 17.0 Å². The molecule has 8 heteroatoms. The van der Waals surface area contributed by atoms with E-state index < -0.39 is 17.6 Å². The lowest BCUT2D eigenvalue weighted by atomic mass is 10.0. The van der Waals surface area contributed by atoms with Crippen molar-refractivity contribution in [3.63, 3.8) is 0 Å². The number of aromatic nitrogens is 2. The van der Waals surface area contributed by atoms with Crippen LogP contribution in [0.1, 0.15) is 47.7 Å². The SMILES string of the molecule is Cc1ncc(CCNC(=O)[C@H](N)CC(C)C)n1-c1ccc(Cl)cc1C(=O)c1ccccc1F. The Morgan fingerprint density at radius 3 is 2.61 bits per heavy atom. The number of hydrogen-bond donors (Lipinski definition) is 2. The van der Waals surface area contributed by atoms with Gasteiger partial charge in [0.25, 0.3) is 0 Å². The maximum Gasteiger partial charge on any atom is 0.236 e. The summed E-state index contributed by atoms with van der Waals surface area (Å²) in [4.78, 5) is 29.9. The van der Waals surface area contributed by atoms with Gasteiger partial charge in [0.2, 0.25) is 5.91 Å². The third-order valence-electron chi connectivity index (χ3n) is 5.32. The molecule has 1 aromatic heterocycles. The van der Waals surface area contributed by atoms with Crippen LogP contribution < -0.4 is 11.1 Å². The van der Waals surface area contributed by atoms with Gasteiger partial charge in [-0.2, -0.15) is 0 Å². The number of carbonyl (C=O) groups excluding carboxylic acids is 2. The van der Waals surface area contributed by atoms with Crippen LogP contribution in [-0.4, -0.2) is 33.8 Å². The van der Waals surface area contributed by atoms with Crippen LogP contribution in [-0.2, 0) is 11.2 Å². The van der Waals surface area contributed by atoms with Gasteiger partial charge in [0.05, 0.1) is 17.3 Å². The molecule has 3 aromatic rings. The number of carbonyl (C=O) groups is 2. The van der Waals surface area contributed by atoms with Crippen molar-refractivity contribution < 1.29 is 14.0 Å². The zero-order valence-corrected chi connectivity index (χ0v) is 19.7. The van der Waals surface area contributed by atoms with Crippen LogP contribution in [0.4, 0.5) is 4.39 Å². The second-order valence-electron chi connectivity index (χ2n) is 8.38. The van der Waals surface area contributed by atoms with Crippen molar-refractivity contribution in [2.45, 2.75) is 39.7 Å². The molecule has 0 aliphatic heterocycles. The molecule has 174 valence electrons. The summed E-state index contributed by atoms with van der Waals surface area (Å²) in [5.74, 6) is -0.301. The Labute approximate surface area is 198 Å². The summed E-state index contributed by atoms with van der Waals surface area (Å²) >= 11 is 6.18. The first-order chi connectivity index (χ1) is 15.7. The number of hydrogen-bond acceptors (Lipinski definition) is 4. The molecule has 0 aliphatic carbocycles. The maximum absolute atomic E-state index is 14.3. The van der Waals surface area contributed by atoms with Crippen molar-refractivity contribution in [1.29, 1.82) is 0 Å². The van der Waals surface area contributed by atoms with Gasteiger partial charge in [0.1, 0.15) is 11.6 Å². The number of rotatable bonds is 9. The van der Waals surface area contributed by atoms with Crippen molar-refractivity contribution in [3.8, 4) is 5.69 Å². The Kier molecular flexibility index (Phi) is 8.00. The second kappa shape index (κ2) is 10.7.